The largest absolute Gasteiger partial charge is 0.496 e. The highest BCUT2D eigenvalue weighted by Crippen LogP contribution is 2.48. The molecule has 36 heavy (non-hydrogen) atoms. The van der Waals surface area contributed by atoms with Gasteiger partial charge in [0.1, 0.15) is 5.76 Å². The summed E-state index contributed by atoms with van der Waals surface area (Å²) in [4.78, 5) is 0. The number of aliphatic hydroxyl groups is 1. The minimum Gasteiger partial charge on any atom is -0.496 e. The maximum Gasteiger partial charge on any atom is 0.122 e. The number of ether oxygens (including phenoxy) is 1. The second-order valence-electron chi connectivity index (χ2n) is 11.7. The molecule has 1 aromatic rings. The summed E-state index contributed by atoms with van der Waals surface area (Å²) < 4.78 is 5.96. The van der Waals surface area contributed by atoms with Gasteiger partial charge in [-0.1, -0.05) is 44.4 Å². The van der Waals surface area contributed by atoms with Gasteiger partial charge < -0.3 is 15.2 Å². The van der Waals surface area contributed by atoms with E-state index in [-0.39, 0.29) is 12.1 Å². The molecule has 1 aliphatic carbocycles. The van der Waals surface area contributed by atoms with Gasteiger partial charge in [0, 0.05) is 16.8 Å². The second-order valence-corrected chi connectivity index (χ2v) is 11.7. The number of nitrogens with one attached hydrogen (secondary N) is 1. The molecule has 0 saturated heterocycles. The van der Waals surface area contributed by atoms with Crippen molar-refractivity contribution >= 4 is 11.3 Å². The van der Waals surface area contributed by atoms with Gasteiger partial charge in [-0.25, -0.2) is 0 Å². The summed E-state index contributed by atoms with van der Waals surface area (Å²) in [5.74, 6) is 2.09. The number of anilines is 1. The number of benzene rings is 1. The van der Waals surface area contributed by atoms with Crippen molar-refractivity contribution < 1.29 is 9.84 Å². The van der Waals surface area contributed by atoms with Crippen LogP contribution in [0.25, 0.3) is 5.57 Å². The van der Waals surface area contributed by atoms with E-state index in [1.165, 1.54) is 60.9 Å². The summed E-state index contributed by atoms with van der Waals surface area (Å²) >= 11 is 0. The van der Waals surface area contributed by atoms with Crippen LogP contribution in [0.2, 0.25) is 0 Å². The molecule has 0 saturated carbocycles. The molecule has 2 unspecified atom stereocenters. The Morgan fingerprint density at radius 1 is 1.25 bits per heavy atom. The Morgan fingerprint density at radius 3 is 2.69 bits per heavy atom. The molecule has 2 aliphatic rings. The fourth-order valence-corrected chi connectivity index (χ4v) is 6.33. The van der Waals surface area contributed by atoms with E-state index >= 15 is 0 Å². The number of fused-ring (bicyclic) bond motifs is 1. The van der Waals surface area contributed by atoms with Crippen molar-refractivity contribution in [2.45, 2.75) is 123 Å². The van der Waals surface area contributed by atoms with Crippen LogP contribution in [-0.4, -0.2) is 24.4 Å². The fraction of sp³-hybridized carbons (Fsp3) is 0.636. The van der Waals surface area contributed by atoms with Gasteiger partial charge in [-0.15, -0.1) is 0 Å². The van der Waals surface area contributed by atoms with Gasteiger partial charge in [-0.3, -0.25) is 0 Å². The van der Waals surface area contributed by atoms with Gasteiger partial charge in [0.2, 0.25) is 0 Å². The van der Waals surface area contributed by atoms with Crippen LogP contribution in [0.4, 0.5) is 5.69 Å². The molecule has 2 atom stereocenters. The van der Waals surface area contributed by atoms with Crippen LogP contribution in [-0.2, 0) is 4.74 Å². The summed E-state index contributed by atoms with van der Waals surface area (Å²) in [6.45, 7) is 14.0. The molecule has 200 valence electrons. The Balaban J connectivity index is 2.12. The number of unbranched alkanes of at least 4 members (excludes halogenated alkanes) is 1. The van der Waals surface area contributed by atoms with E-state index in [4.69, 9.17) is 4.74 Å². The lowest BCUT2D eigenvalue weighted by atomic mass is 9.76. The molecule has 0 aromatic heterocycles. The quantitative estimate of drug-likeness (QED) is 0.238. The Labute approximate surface area is 221 Å². The molecule has 3 rings (SSSR count). The third-order valence-corrected chi connectivity index (χ3v) is 8.42. The molecule has 3 nitrogen and oxygen atoms in total. The van der Waals surface area contributed by atoms with Gasteiger partial charge in [0.15, 0.2) is 0 Å². The van der Waals surface area contributed by atoms with E-state index in [1.54, 1.807) is 11.1 Å². The molecule has 0 bridgehead atoms. The molecular weight excluding hydrogens is 442 g/mol. The van der Waals surface area contributed by atoms with E-state index in [2.05, 4.69) is 64.2 Å². The third-order valence-electron chi connectivity index (χ3n) is 8.42. The molecule has 1 heterocycles. The molecule has 0 fully saturated rings. The summed E-state index contributed by atoms with van der Waals surface area (Å²) in [7, 11) is 1.82. The summed E-state index contributed by atoms with van der Waals surface area (Å²) in [6, 6.07) is 4.74. The fourth-order valence-electron chi connectivity index (χ4n) is 6.33. The minimum atomic E-state index is 0.101. The Bertz CT molecular complexity index is 982. The summed E-state index contributed by atoms with van der Waals surface area (Å²) in [5, 5.41) is 13.5. The lowest BCUT2D eigenvalue weighted by Gasteiger charge is -2.31. The first-order chi connectivity index (χ1) is 17.3. The van der Waals surface area contributed by atoms with Crippen molar-refractivity contribution in [3.8, 4) is 0 Å². The van der Waals surface area contributed by atoms with Gasteiger partial charge in [0.25, 0.3) is 0 Å². The van der Waals surface area contributed by atoms with E-state index in [9.17, 15) is 5.11 Å². The van der Waals surface area contributed by atoms with Crippen molar-refractivity contribution in [1.82, 2.24) is 0 Å². The van der Waals surface area contributed by atoms with Gasteiger partial charge in [-0.05, 0) is 125 Å². The van der Waals surface area contributed by atoms with Crippen LogP contribution in [0, 0.1) is 0 Å². The van der Waals surface area contributed by atoms with Crippen LogP contribution >= 0.6 is 0 Å². The minimum absolute atomic E-state index is 0.101. The Hall–Kier alpha value is -2.00. The predicted molar refractivity (Wildman–Crippen MR) is 156 cm³/mol. The first-order valence-corrected chi connectivity index (χ1v) is 14.4. The summed E-state index contributed by atoms with van der Waals surface area (Å²) in [6.07, 6.45) is 15.8. The number of hydrogen-bond acceptors (Lipinski definition) is 3. The molecule has 0 radical (unpaired) electrons. The van der Waals surface area contributed by atoms with E-state index in [1.807, 2.05) is 14.0 Å². The van der Waals surface area contributed by atoms with Crippen molar-refractivity contribution in [3.05, 3.63) is 57.9 Å². The zero-order chi connectivity index (χ0) is 26.3. The number of aliphatic hydroxyl groups excluding tert-OH is 1. The van der Waals surface area contributed by atoms with Crippen LogP contribution < -0.4 is 5.32 Å². The molecular formula is C33H51NO2. The number of hydrogen-bond donors (Lipinski definition) is 2. The van der Waals surface area contributed by atoms with E-state index in [0.29, 0.717) is 11.8 Å². The highest BCUT2D eigenvalue weighted by Gasteiger charge is 2.32. The molecule has 1 aromatic carbocycles. The standard InChI is InChI=1S/C33H51NO2/c1-8-13-26(16-11-10-15-25(9-2)22-35)32-27(30-23(3)14-12-17-29(30)36-7)18-19-28-31(32)24(4)20-21-33(5,6)34-28/h9,17-19,24,26,34-35H,8,10-16,20-22H2,1-7H3/b25-9+. The topological polar surface area (TPSA) is 41.5 Å². The predicted octanol–water partition coefficient (Wildman–Crippen LogP) is 9.25. The highest BCUT2D eigenvalue weighted by molar-refractivity contribution is 5.84. The number of rotatable bonds is 11. The van der Waals surface area contributed by atoms with E-state index in [0.717, 1.165) is 37.0 Å². The Morgan fingerprint density at radius 2 is 2.03 bits per heavy atom. The van der Waals surface area contributed by atoms with Crippen molar-refractivity contribution in [1.29, 1.82) is 0 Å². The zero-order valence-electron chi connectivity index (χ0n) is 24.1. The lowest BCUT2D eigenvalue weighted by molar-refractivity contribution is 0.307. The molecule has 1 aliphatic heterocycles. The monoisotopic (exact) mass is 493 g/mol. The molecule has 0 spiro atoms. The van der Waals surface area contributed by atoms with Crippen LogP contribution in [0.15, 0.2) is 41.2 Å². The maximum atomic E-state index is 9.58. The normalized spacial score (nSPS) is 20.8. The molecule has 3 heteroatoms. The lowest BCUT2D eigenvalue weighted by Crippen LogP contribution is -2.29. The van der Waals surface area contributed by atoms with Crippen molar-refractivity contribution in [2.24, 2.45) is 0 Å². The molecule has 0 amide bonds. The van der Waals surface area contributed by atoms with E-state index < -0.39 is 0 Å². The van der Waals surface area contributed by atoms with Crippen LogP contribution in [0.1, 0.15) is 134 Å². The number of methoxy groups -OCH3 is 1. The summed E-state index contributed by atoms with van der Waals surface area (Å²) in [5.41, 5.74) is 9.88. The van der Waals surface area contributed by atoms with Crippen molar-refractivity contribution in [3.63, 3.8) is 0 Å². The third kappa shape index (κ3) is 6.65. The van der Waals surface area contributed by atoms with Crippen molar-refractivity contribution in [2.75, 3.05) is 19.0 Å². The average Bonchev–Trinajstić information content (AvgIpc) is 2.97. The number of allylic oxidation sites excluding steroid dienone is 4. The van der Waals surface area contributed by atoms with Crippen LogP contribution in [0.3, 0.4) is 0 Å². The highest BCUT2D eigenvalue weighted by atomic mass is 16.5. The first-order valence-electron chi connectivity index (χ1n) is 14.4. The Kier molecular flexibility index (Phi) is 10.3. The van der Waals surface area contributed by atoms with Crippen LogP contribution in [0.5, 0.6) is 0 Å². The first kappa shape index (κ1) is 28.6. The smallest absolute Gasteiger partial charge is 0.122 e. The zero-order valence-corrected chi connectivity index (χ0v) is 24.1. The van der Waals surface area contributed by atoms with Gasteiger partial charge in [-0.2, -0.15) is 0 Å². The second kappa shape index (κ2) is 13.0. The van der Waals surface area contributed by atoms with Gasteiger partial charge in [0.05, 0.1) is 13.7 Å². The average molecular weight is 494 g/mol. The maximum absolute atomic E-state index is 9.58. The SMILES string of the molecule is C/C=C(/CO)CCCCC(CCC)c1c(C2=C(C)CCC=C2OC)ccc2c1C(C)CCC(C)(C)N2. The molecule has 2 N–H and O–H groups in total. The van der Waals surface area contributed by atoms with Gasteiger partial charge >= 0.3 is 0 Å².